The third-order valence-electron chi connectivity index (χ3n) is 3.09. The Hall–Kier alpha value is -0.730. The summed E-state index contributed by atoms with van der Waals surface area (Å²) in [7, 11) is 1.68. The number of ether oxygens (including phenoxy) is 1. The maximum atomic E-state index is 6.19. The van der Waals surface area contributed by atoms with Crippen molar-refractivity contribution in [1.82, 2.24) is 4.90 Å². The van der Waals surface area contributed by atoms with Crippen LogP contribution in [0.4, 0.5) is 0 Å². The molecule has 0 N–H and O–H groups in total. The second kappa shape index (κ2) is 4.42. The lowest BCUT2D eigenvalue weighted by Crippen LogP contribution is -2.39. The molecule has 0 spiro atoms. The van der Waals surface area contributed by atoms with Gasteiger partial charge in [-0.25, -0.2) is 0 Å². The van der Waals surface area contributed by atoms with E-state index >= 15 is 0 Å². The van der Waals surface area contributed by atoms with Crippen LogP contribution in [0.5, 0.6) is 5.75 Å². The molecule has 1 aliphatic rings. The summed E-state index contributed by atoms with van der Waals surface area (Å²) >= 11 is 6.19. The van der Waals surface area contributed by atoms with E-state index < -0.39 is 0 Å². The standard InChI is InChI=1S/C12H16ClNO/c1-9(14-6-3-7-14)11-8-10(15-2)4-5-12(11)13/h4-5,8-9H,3,6-7H2,1-2H3. The molecule has 1 aromatic carbocycles. The molecule has 0 saturated carbocycles. The normalized spacial score (nSPS) is 18.3. The van der Waals surface area contributed by atoms with Crippen molar-refractivity contribution in [2.75, 3.05) is 20.2 Å². The molecule has 0 bridgehead atoms. The molecule has 1 saturated heterocycles. The second-order valence-corrected chi connectivity index (χ2v) is 4.36. The zero-order valence-electron chi connectivity index (χ0n) is 9.16. The lowest BCUT2D eigenvalue weighted by atomic mass is 10.0. The molecule has 2 nitrogen and oxygen atoms in total. The fraction of sp³-hybridized carbons (Fsp3) is 0.500. The van der Waals surface area contributed by atoms with E-state index in [1.165, 1.54) is 19.5 Å². The van der Waals surface area contributed by atoms with Gasteiger partial charge >= 0.3 is 0 Å². The molecular weight excluding hydrogens is 210 g/mol. The van der Waals surface area contributed by atoms with Gasteiger partial charge in [0, 0.05) is 11.1 Å². The predicted molar refractivity (Wildman–Crippen MR) is 62.6 cm³/mol. The van der Waals surface area contributed by atoms with Crippen molar-refractivity contribution in [1.29, 1.82) is 0 Å². The van der Waals surface area contributed by atoms with Crippen molar-refractivity contribution in [2.24, 2.45) is 0 Å². The SMILES string of the molecule is COc1ccc(Cl)c(C(C)N2CCC2)c1. The van der Waals surface area contributed by atoms with E-state index in [9.17, 15) is 0 Å². The summed E-state index contributed by atoms with van der Waals surface area (Å²) < 4.78 is 5.21. The van der Waals surface area contributed by atoms with E-state index in [1.54, 1.807) is 7.11 Å². The van der Waals surface area contributed by atoms with Crippen LogP contribution in [0.15, 0.2) is 18.2 Å². The van der Waals surface area contributed by atoms with Crippen LogP contribution in [-0.4, -0.2) is 25.1 Å². The first-order valence-electron chi connectivity index (χ1n) is 5.30. The molecule has 0 aliphatic carbocycles. The highest BCUT2D eigenvalue weighted by atomic mass is 35.5. The van der Waals surface area contributed by atoms with Gasteiger partial charge in [0.1, 0.15) is 5.75 Å². The second-order valence-electron chi connectivity index (χ2n) is 3.95. The van der Waals surface area contributed by atoms with E-state index in [0.717, 1.165) is 16.3 Å². The Bertz CT molecular complexity index is 349. The van der Waals surface area contributed by atoms with E-state index in [-0.39, 0.29) is 0 Å². The van der Waals surface area contributed by atoms with Crippen molar-refractivity contribution in [3.05, 3.63) is 28.8 Å². The Labute approximate surface area is 95.8 Å². The van der Waals surface area contributed by atoms with Gasteiger partial charge < -0.3 is 4.74 Å². The monoisotopic (exact) mass is 225 g/mol. The quantitative estimate of drug-likeness (QED) is 0.784. The van der Waals surface area contributed by atoms with Crippen LogP contribution in [0.2, 0.25) is 5.02 Å². The van der Waals surface area contributed by atoms with Gasteiger partial charge in [0.2, 0.25) is 0 Å². The van der Waals surface area contributed by atoms with Crippen LogP contribution < -0.4 is 4.74 Å². The van der Waals surface area contributed by atoms with Crippen LogP contribution >= 0.6 is 11.6 Å². The highest BCUT2D eigenvalue weighted by Crippen LogP contribution is 2.32. The Morgan fingerprint density at radius 2 is 2.13 bits per heavy atom. The van der Waals surface area contributed by atoms with Crippen molar-refractivity contribution in [2.45, 2.75) is 19.4 Å². The van der Waals surface area contributed by atoms with E-state index in [4.69, 9.17) is 16.3 Å². The summed E-state index contributed by atoms with van der Waals surface area (Å²) in [5.74, 6) is 0.877. The van der Waals surface area contributed by atoms with Crippen molar-refractivity contribution >= 4 is 11.6 Å². The summed E-state index contributed by atoms with van der Waals surface area (Å²) in [4.78, 5) is 2.42. The average molecular weight is 226 g/mol. The smallest absolute Gasteiger partial charge is 0.119 e. The molecule has 1 heterocycles. The molecule has 15 heavy (non-hydrogen) atoms. The zero-order chi connectivity index (χ0) is 10.8. The van der Waals surface area contributed by atoms with Crippen molar-refractivity contribution in [3.63, 3.8) is 0 Å². The van der Waals surface area contributed by atoms with Crippen LogP contribution in [0.3, 0.4) is 0 Å². The van der Waals surface area contributed by atoms with Crippen LogP contribution in [0.25, 0.3) is 0 Å². The maximum Gasteiger partial charge on any atom is 0.119 e. The number of hydrogen-bond acceptors (Lipinski definition) is 2. The van der Waals surface area contributed by atoms with Crippen LogP contribution in [0.1, 0.15) is 24.9 Å². The summed E-state index contributed by atoms with van der Waals surface area (Å²) in [5, 5.41) is 0.829. The van der Waals surface area contributed by atoms with Gasteiger partial charge in [0.15, 0.2) is 0 Å². The third-order valence-corrected chi connectivity index (χ3v) is 3.44. The highest BCUT2D eigenvalue weighted by Gasteiger charge is 2.23. The van der Waals surface area contributed by atoms with Gasteiger partial charge in [-0.2, -0.15) is 0 Å². The number of nitrogens with zero attached hydrogens (tertiary/aromatic N) is 1. The molecule has 82 valence electrons. The minimum absolute atomic E-state index is 0.390. The Morgan fingerprint density at radius 1 is 1.40 bits per heavy atom. The molecule has 0 aromatic heterocycles. The lowest BCUT2D eigenvalue weighted by Gasteiger charge is -2.37. The minimum Gasteiger partial charge on any atom is -0.497 e. The first kappa shape index (κ1) is 10.8. The van der Waals surface area contributed by atoms with Crippen molar-refractivity contribution < 1.29 is 4.74 Å². The number of benzene rings is 1. The largest absolute Gasteiger partial charge is 0.497 e. The van der Waals surface area contributed by atoms with Gasteiger partial charge in [-0.15, -0.1) is 0 Å². The van der Waals surface area contributed by atoms with E-state index in [2.05, 4.69) is 11.8 Å². The van der Waals surface area contributed by atoms with Gasteiger partial charge in [-0.05, 0) is 50.2 Å². The van der Waals surface area contributed by atoms with Crippen LogP contribution in [-0.2, 0) is 0 Å². The Morgan fingerprint density at radius 3 is 2.67 bits per heavy atom. The number of likely N-dealkylation sites (tertiary alicyclic amines) is 1. The molecule has 2 rings (SSSR count). The predicted octanol–water partition coefficient (Wildman–Crippen LogP) is 3.12. The fourth-order valence-corrected chi connectivity index (χ4v) is 2.17. The van der Waals surface area contributed by atoms with Crippen molar-refractivity contribution in [3.8, 4) is 5.75 Å². The summed E-state index contributed by atoms with van der Waals surface area (Å²) in [6.45, 7) is 4.54. The molecular formula is C12H16ClNO. The Balaban J connectivity index is 2.24. The number of rotatable bonds is 3. The lowest BCUT2D eigenvalue weighted by molar-refractivity contribution is 0.128. The minimum atomic E-state index is 0.390. The number of hydrogen-bond donors (Lipinski definition) is 0. The molecule has 1 fully saturated rings. The summed E-state index contributed by atoms with van der Waals surface area (Å²) in [6, 6.07) is 6.23. The topological polar surface area (TPSA) is 12.5 Å². The molecule has 1 unspecified atom stereocenters. The van der Waals surface area contributed by atoms with Gasteiger partial charge in [0.25, 0.3) is 0 Å². The summed E-state index contributed by atoms with van der Waals surface area (Å²) in [5.41, 5.74) is 1.16. The Kier molecular flexibility index (Phi) is 3.17. The first-order chi connectivity index (χ1) is 7.22. The first-order valence-corrected chi connectivity index (χ1v) is 5.67. The zero-order valence-corrected chi connectivity index (χ0v) is 9.92. The van der Waals surface area contributed by atoms with Gasteiger partial charge in [-0.3, -0.25) is 4.90 Å². The molecule has 1 atom stereocenters. The fourth-order valence-electron chi connectivity index (χ4n) is 1.89. The summed E-state index contributed by atoms with van der Waals surface area (Å²) in [6.07, 6.45) is 1.30. The van der Waals surface area contributed by atoms with Gasteiger partial charge in [-0.1, -0.05) is 11.6 Å². The molecule has 1 aliphatic heterocycles. The third kappa shape index (κ3) is 2.11. The molecule has 3 heteroatoms. The highest BCUT2D eigenvalue weighted by molar-refractivity contribution is 6.31. The maximum absolute atomic E-state index is 6.19. The number of methoxy groups -OCH3 is 1. The molecule has 1 aromatic rings. The van der Waals surface area contributed by atoms with Gasteiger partial charge in [0.05, 0.1) is 7.11 Å². The van der Waals surface area contributed by atoms with E-state index in [1.807, 2.05) is 18.2 Å². The van der Waals surface area contributed by atoms with E-state index in [0.29, 0.717) is 6.04 Å². The van der Waals surface area contributed by atoms with Crippen LogP contribution in [0, 0.1) is 0 Å². The molecule has 0 radical (unpaired) electrons. The molecule has 0 amide bonds. The average Bonchev–Trinajstić information content (AvgIpc) is 2.15. The number of halogens is 1.